The molecular formula is C55H37N. The van der Waals surface area contributed by atoms with E-state index in [-0.39, 0.29) is 0 Å². The van der Waals surface area contributed by atoms with Crippen LogP contribution >= 0.6 is 0 Å². The van der Waals surface area contributed by atoms with Crippen LogP contribution < -0.4 is 4.90 Å². The Morgan fingerprint density at radius 1 is 0.232 bits per heavy atom. The maximum absolute atomic E-state index is 2.47. The molecule has 2 aliphatic rings. The summed E-state index contributed by atoms with van der Waals surface area (Å²) >= 11 is 0. The Balaban J connectivity index is 1.08. The third kappa shape index (κ3) is 4.95. The Labute approximate surface area is 328 Å². The average molecular weight is 712 g/mol. The number of nitrogens with zero attached hydrogens (tertiary/aromatic N) is 1. The summed E-state index contributed by atoms with van der Waals surface area (Å²) in [5.41, 5.74) is 20.8. The van der Waals surface area contributed by atoms with Crippen LogP contribution in [-0.2, 0) is 5.41 Å². The molecule has 0 N–H and O–H groups in total. The van der Waals surface area contributed by atoms with Gasteiger partial charge >= 0.3 is 0 Å². The lowest BCUT2D eigenvalue weighted by Crippen LogP contribution is -2.26. The van der Waals surface area contributed by atoms with Crippen LogP contribution in [0.3, 0.4) is 0 Å². The second kappa shape index (κ2) is 13.0. The Morgan fingerprint density at radius 3 is 1.09 bits per heavy atom. The summed E-state index contributed by atoms with van der Waals surface area (Å²) < 4.78 is 0. The summed E-state index contributed by atoms with van der Waals surface area (Å²) in [4.78, 5) is 2.42. The maximum atomic E-state index is 2.47. The lowest BCUT2D eigenvalue weighted by atomic mass is 9.70. The standard InChI is InChI=1S/C55H37N/c1-3-14-38(15-4-1)40-26-30-44(31-27-40)56(45-32-28-41(29-33-45)43-19-13-18-42(36-43)39-16-5-2-6-17-39)46-34-35-50-49-22-9-12-25-53(49)55(54(50)37-46)51-23-10-7-20-47(51)48-21-8-11-24-52(48)55/h1-37H. The first kappa shape index (κ1) is 32.2. The zero-order valence-corrected chi connectivity index (χ0v) is 30.8. The molecule has 2 aliphatic carbocycles. The van der Waals surface area contributed by atoms with E-state index in [0.717, 1.165) is 17.1 Å². The van der Waals surface area contributed by atoms with E-state index in [2.05, 4.69) is 229 Å². The van der Waals surface area contributed by atoms with E-state index < -0.39 is 5.41 Å². The van der Waals surface area contributed by atoms with Crippen LogP contribution in [0.1, 0.15) is 22.3 Å². The normalized spacial score (nSPS) is 12.8. The molecule has 0 radical (unpaired) electrons. The molecule has 1 spiro atoms. The van der Waals surface area contributed by atoms with Gasteiger partial charge in [-0.25, -0.2) is 0 Å². The number of anilines is 3. The second-order valence-corrected chi connectivity index (χ2v) is 14.9. The molecule has 0 amide bonds. The monoisotopic (exact) mass is 711 g/mol. The van der Waals surface area contributed by atoms with Crippen LogP contribution in [0, 0.1) is 0 Å². The molecule has 9 aromatic rings. The Morgan fingerprint density at radius 2 is 0.589 bits per heavy atom. The zero-order chi connectivity index (χ0) is 37.1. The SMILES string of the molecule is c1ccc(-c2ccc(N(c3ccc(-c4cccc(-c5ccccc5)c4)cc3)c3ccc4c(c3)C3(c5ccccc5-c5ccccc53)c3ccccc3-4)cc2)cc1. The zero-order valence-electron chi connectivity index (χ0n) is 30.8. The molecule has 262 valence electrons. The predicted molar refractivity (Wildman–Crippen MR) is 234 cm³/mol. The molecule has 0 unspecified atom stereocenters. The Kier molecular flexibility index (Phi) is 7.47. The maximum Gasteiger partial charge on any atom is 0.0726 e. The van der Waals surface area contributed by atoms with Crippen LogP contribution in [0.15, 0.2) is 224 Å². The summed E-state index contributed by atoms with van der Waals surface area (Å²) in [5, 5.41) is 0. The fourth-order valence-electron chi connectivity index (χ4n) is 9.41. The lowest BCUT2D eigenvalue weighted by molar-refractivity contribution is 0.793. The number of rotatable bonds is 6. The molecule has 0 heterocycles. The van der Waals surface area contributed by atoms with Gasteiger partial charge in [0.05, 0.1) is 5.41 Å². The van der Waals surface area contributed by atoms with Crippen molar-refractivity contribution in [2.75, 3.05) is 4.90 Å². The summed E-state index contributed by atoms with van der Waals surface area (Å²) in [7, 11) is 0. The van der Waals surface area contributed by atoms with Gasteiger partial charge in [0, 0.05) is 17.1 Å². The van der Waals surface area contributed by atoms with Gasteiger partial charge in [-0.3, -0.25) is 0 Å². The third-order valence-electron chi connectivity index (χ3n) is 11.9. The molecule has 0 saturated heterocycles. The quantitative estimate of drug-likeness (QED) is 0.166. The largest absolute Gasteiger partial charge is 0.310 e. The fourth-order valence-corrected chi connectivity index (χ4v) is 9.41. The molecule has 0 fully saturated rings. The van der Waals surface area contributed by atoms with Gasteiger partial charge in [0.15, 0.2) is 0 Å². The van der Waals surface area contributed by atoms with Crippen molar-refractivity contribution in [3.05, 3.63) is 247 Å². The first-order chi connectivity index (χ1) is 27.8. The molecule has 0 aliphatic heterocycles. The summed E-state index contributed by atoms with van der Waals surface area (Å²) in [6, 6.07) is 82.4. The predicted octanol–water partition coefficient (Wildman–Crippen LogP) is 14.5. The number of hydrogen-bond donors (Lipinski definition) is 0. The molecule has 0 bridgehead atoms. The van der Waals surface area contributed by atoms with E-state index in [4.69, 9.17) is 0 Å². The smallest absolute Gasteiger partial charge is 0.0726 e. The molecule has 1 heteroatoms. The van der Waals surface area contributed by atoms with Gasteiger partial charge in [0.2, 0.25) is 0 Å². The topological polar surface area (TPSA) is 3.24 Å². The van der Waals surface area contributed by atoms with Crippen LogP contribution in [-0.4, -0.2) is 0 Å². The number of benzene rings is 9. The van der Waals surface area contributed by atoms with Crippen molar-refractivity contribution in [3.8, 4) is 55.6 Å². The van der Waals surface area contributed by atoms with E-state index >= 15 is 0 Å². The van der Waals surface area contributed by atoms with Gasteiger partial charge in [0.1, 0.15) is 0 Å². The van der Waals surface area contributed by atoms with Crippen molar-refractivity contribution < 1.29 is 0 Å². The van der Waals surface area contributed by atoms with Crippen molar-refractivity contribution in [1.29, 1.82) is 0 Å². The molecule has 1 nitrogen and oxygen atoms in total. The molecular weight excluding hydrogens is 675 g/mol. The Hall–Kier alpha value is -7.22. The van der Waals surface area contributed by atoms with E-state index in [1.165, 1.54) is 77.9 Å². The van der Waals surface area contributed by atoms with E-state index in [1.54, 1.807) is 0 Å². The Bertz CT molecular complexity index is 2820. The second-order valence-electron chi connectivity index (χ2n) is 14.9. The molecule has 9 aromatic carbocycles. The van der Waals surface area contributed by atoms with Crippen molar-refractivity contribution in [2.45, 2.75) is 5.41 Å². The molecule has 0 aromatic heterocycles. The average Bonchev–Trinajstić information content (AvgIpc) is 3.75. The molecule has 0 saturated carbocycles. The van der Waals surface area contributed by atoms with Crippen LogP contribution in [0.5, 0.6) is 0 Å². The van der Waals surface area contributed by atoms with Crippen LogP contribution in [0.4, 0.5) is 17.1 Å². The van der Waals surface area contributed by atoms with Crippen molar-refractivity contribution in [3.63, 3.8) is 0 Å². The van der Waals surface area contributed by atoms with Gasteiger partial charge < -0.3 is 4.90 Å². The van der Waals surface area contributed by atoms with Crippen molar-refractivity contribution >= 4 is 17.1 Å². The van der Waals surface area contributed by atoms with Crippen LogP contribution in [0.2, 0.25) is 0 Å². The molecule has 0 atom stereocenters. The van der Waals surface area contributed by atoms with Gasteiger partial charge in [-0.05, 0) is 120 Å². The van der Waals surface area contributed by atoms with Crippen LogP contribution in [0.25, 0.3) is 55.6 Å². The van der Waals surface area contributed by atoms with E-state index in [1.807, 2.05) is 0 Å². The van der Waals surface area contributed by atoms with Crippen molar-refractivity contribution in [1.82, 2.24) is 0 Å². The van der Waals surface area contributed by atoms with E-state index in [0.29, 0.717) is 0 Å². The fraction of sp³-hybridized carbons (Fsp3) is 0.0182. The van der Waals surface area contributed by atoms with Gasteiger partial charge in [-0.2, -0.15) is 0 Å². The summed E-state index contributed by atoms with van der Waals surface area (Å²) in [5.74, 6) is 0. The first-order valence-electron chi connectivity index (χ1n) is 19.4. The minimum Gasteiger partial charge on any atom is -0.310 e. The summed E-state index contributed by atoms with van der Waals surface area (Å²) in [6.07, 6.45) is 0. The summed E-state index contributed by atoms with van der Waals surface area (Å²) in [6.45, 7) is 0. The number of hydrogen-bond acceptors (Lipinski definition) is 1. The minimum absolute atomic E-state index is 0.411. The highest BCUT2D eigenvalue weighted by molar-refractivity contribution is 5.96. The highest BCUT2D eigenvalue weighted by atomic mass is 15.1. The number of fused-ring (bicyclic) bond motifs is 10. The molecule has 56 heavy (non-hydrogen) atoms. The highest BCUT2D eigenvalue weighted by Crippen LogP contribution is 2.63. The first-order valence-corrected chi connectivity index (χ1v) is 19.4. The highest BCUT2D eigenvalue weighted by Gasteiger charge is 2.51. The lowest BCUT2D eigenvalue weighted by Gasteiger charge is -2.32. The van der Waals surface area contributed by atoms with Gasteiger partial charge in [-0.1, -0.05) is 182 Å². The minimum atomic E-state index is -0.411. The van der Waals surface area contributed by atoms with Gasteiger partial charge in [0.25, 0.3) is 0 Å². The van der Waals surface area contributed by atoms with Gasteiger partial charge in [-0.15, -0.1) is 0 Å². The van der Waals surface area contributed by atoms with Crippen molar-refractivity contribution in [2.24, 2.45) is 0 Å². The van der Waals surface area contributed by atoms with E-state index in [9.17, 15) is 0 Å². The third-order valence-corrected chi connectivity index (χ3v) is 11.9. The molecule has 11 rings (SSSR count).